The summed E-state index contributed by atoms with van der Waals surface area (Å²) < 4.78 is 38.4. The Hall–Kier alpha value is -1.80. The average molecular weight is 283 g/mol. The number of aromatic nitrogens is 3. The molecule has 0 saturated heterocycles. The molecule has 0 aliphatic rings. The van der Waals surface area contributed by atoms with Crippen molar-refractivity contribution in [3.63, 3.8) is 0 Å². The van der Waals surface area contributed by atoms with Crippen LogP contribution in [0.1, 0.15) is 11.5 Å². The van der Waals surface area contributed by atoms with Gasteiger partial charge in [0, 0.05) is 6.07 Å². The lowest BCUT2D eigenvalue weighted by atomic mass is 10.3. The molecule has 2 aromatic rings. The first kappa shape index (κ1) is 13.6. The van der Waals surface area contributed by atoms with Crippen molar-refractivity contribution in [2.75, 3.05) is 5.75 Å². The molecule has 0 aromatic carbocycles. The Bertz CT molecular complexity index is 657. The second kappa shape index (κ2) is 5.06. The van der Waals surface area contributed by atoms with Crippen molar-refractivity contribution >= 4 is 10.1 Å². The first-order chi connectivity index (χ1) is 8.85. The van der Waals surface area contributed by atoms with E-state index in [0.717, 1.165) is 11.5 Å². The lowest BCUT2D eigenvalue weighted by molar-refractivity contribution is -0.750. The van der Waals surface area contributed by atoms with Crippen molar-refractivity contribution in [2.24, 2.45) is 0 Å². The summed E-state index contributed by atoms with van der Waals surface area (Å²) in [6.07, 6.45) is 3.09. The highest BCUT2D eigenvalue weighted by Gasteiger charge is 2.11. The molecular formula is C11H13N3O4S. The summed E-state index contributed by atoms with van der Waals surface area (Å²) in [4.78, 5) is 4.23. The molecule has 2 rings (SSSR count). The van der Waals surface area contributed by atoms with Gasteiger partial charge in [0.1, 0.15) is 22.1 Å². The minimum Gasteiger partial charge on any atom is -0.748 e. The Morgan fingerprint density at radius 1 is 1.42 bits per heavy atom. The van der Waals surface area contributed by atoms with Crippen molar-refractivity contribution in [3.05, 3.63) is 29.9 Å². The van der Waals surface area contributed by atoms with Gasteiger partial charge >= 0.3 is 0 Å². The first-order valence-electron chi connectivity index (χ1n) is 5.59. The van der Waals surface area contributed by atoms with Gasteiger partial charge in [-0.3, -0.25) is 0 Å². The normalized spacial score (nSPS) is 11.7. The van der Waals surface area contributed by atoms with Crippen molar-refractivity contribution < 1.29 is 22.1 Å². The van der Waals surface area contributed by atoms with Gasteiger partial charge in [-0.05, 0) is 18.9 Å². The molecule has 0 aliphatic heterocycles. The fourth-order valence-corrected chi connectivity index (χ4v) is 1.86. The van der Waals surface area contributed by atoms with E-state index in [2.05, 4.69) is 10.1 Å². The molecule has 0 N–H and O–H groups in total. The fraction of sp³-hybridized carbons (Fsp3) is 0.364. The predicted molar refractivity (Wildman–Crippen MR) is 64.0 cm³/mol. The highest BCUT2D eigenvalue weighted by Crippen LogP contribution is 2.19. The van der Waals surface area contributed by atoms with E-state index in [-0.39, 0.29) is 6.54 Å². The molecule has 2 heterocycles. The summed E-state index contributed by atoms with van der Waals surface area (Å²) in [6.45, 7) is 3.69. The zero-order chi connectivity index (χ0) is 14.0. The Balaban J connectivity index is 2.14. The van der Waals surface area contributed by atoms with E-state index in [0.29, 0.717) is 11.5 Å². The van der Waals surface area contributed by atoms with Gasteiger partial charge in [0.15, 0.2) is 12.7 Å². The average Bonchev–Trinajstić information content (AvgIpc) is 2.67. The number of aryl methyl sites for hydroxylation is 3. The van der Waals surface area contributed by atoms with Crippen LogP contribution in [0.3, 0.4) is 0 Å². The predicted octanol–water partition coefficient (Wildman–Crippen LogP) is 0.186. The lowest BCUT2D eigenvalue weighted by Crippen LogP contribution is -2.40. The van der Waals surface area contributed by atoms with Crippen molar-refractivity contribution in [1.29, 1.82) is 0 Å². The van der Waals surface area contributed by atoms with Crippen LogP contribution in [-0.2, 0) is 16.7 Å². The van der Waals surface area contributed by atoms with Crippen LogP contribution in [0.15, 0.2) is 22.9 Å². The van der Waals surface area contributed by atoms with E-state index < -0.39 is 15.9 Å². The summed E-state index contributed by atoms with van der Waals surface area (Å²) in [6, 6.07) is 1.70. The van der Waals surface area contributed by atoms with Crippen LogP contribution < -0.4 is 4.68 Å². The molecule has 102 valence electrons. The molecule has 0 amide bonds. The van der Waals surface area contributed by atoms with Gasteiger partial charge in [0.25, 0.3) is 0 Å². The van der Waals surface area contributed by atoms with Gasteiger partial charge in [0.2, 0.25) is 5.89 Å². The number of hydrogen-bond donors (Lipinski definition) is 0. The minimum absolute atomic E-state index is 0.0236. The molecule has 0 atom stereocenters. The third-order valence-corrected chi connectivity index (χ3v) is 3.30. The lowest BCUT2D eigenvalue weighted by Gasteiger charge is -2.02. The quantitative estimate of drug-likeness (QED) is 0.586. The smallest absolute Gasteiger partial charge is 0.228 e. The van der Waals surface area contributed by atoms with Gasteiger partial charge in [-0.1, -0.05) is 4.68 Å². The molecule has 0 saturated carbocycles. The van der Waals surface area contributed by atoms with E-state index in [1.165, 1.54) is 10.9 Å². The molecule has 0 bridgehead atoms. The fourth-order valence-electron chi connectivity index (χ4n) is 1.44. The maximum atomic E-state index is 10.5. The number of hydrogen-bond acceptors (Lipinski definition) is 6. The molecule has 0 spiro atoms. The third-order valence-electron chi connectivity index (χ3n) is 2.62. The van der Waals surface area contributed by atoms with E-state index in [1.807, 2.05) is 13.8 Å². The van der Waals surface area contributed by atoms with Crippen molar-refractivity contribution in [3.8, 4) is 11.5 Å². The molecule has 0 radical (unpaired) electrons. The number of rotatable bonds is 4. The van der Waals surface area contributed by atoms with Crippen LogP contribution in [0.4, 0.5) is 0 Å². The van der Waals surface area contributed by atoms with E-state index in [9.17, 15) is 13.0 Å². The molecule has 0 aliphatic carbocycles. The third kappa shape index (κ3) is 3.58. The molecule has 2 aromatic heterocycles. The van der Waals surface area contributed by atoms with Crippen molar-refractivity contribution in [2.45, 2.75) is 20.4 Å². The van der Waals surface area contributed by atoms with Crippen LogP contribution in [0.2, 0.25) is 0 Å². The molecular weight excluding hydrogens is 270 g/mol. The first-order valence-corrected chi connectivity index (χ1v) is 7.16. The van der Waals surface area contributed by atoms with E-state index >= 15 is 0 Å². The molecule has 7 nitrogen and oxygen atoms in total. The highest BCUT2D eigenvalue weighted by atomic mass is 32.2. The number of nitrogens with zero attached hydrogens (tertiary/aromatic N) is 3. The standard InChI is InChI=1S/C11H13N3O4S/c1-8-9(2)18-11(13-8)10-3-4-14(12-7-10)5-6-19(15,16)17/h3-4,7H,5-6H2,1-2H3. The van der Waals surface area contributed by atoms with Crippen LogP contribution in [0, 0.1) is 13.8 Å². The SMILES string of the molecule is Cc1nc(-c2cc[n+](CCS(=O)(=O)[O-])nc2)oc1C. The second-order valence-corrected chi connectivity index (χ2v) is 5.62. The topological polar surface area (TPSA) is 100 Å². The molecule has 0 fully saturated rings. The maximum absolute atomic E-state index is 10.5. The Kier molecular flexibility index (Phi) is 3.63. The zero-order valence-corrected chi connectivity index (χ0v) is 11.3. The van der Waals surface area contributed by atoms with Crippen LogP contribution in [-0.4, -0.2) is 28.8 Å². The second-order valence-electron chi connectivity index (χ2n) is 4.10. The van der Waals surface area contributed by atoms with Gasteiger partial charge in [-0.25, -0.2) is 13.4 Å². The van der Waals surface area contributed by atoms with Crippen LogP contribution in [0.25, 0.3) is 11.5 Å². The maximum Gasteiger partial charge on any atom is 0.228 e. The Morgan fingerprint density at radius 2 is 2.16 bits per heavy atom. The zero-order valence-electron chi connectivity index (χ0n) is 10.5. The van der Waals surface area contributed by atoms with Gasteiger partial charge in [-0.15, -0.1) is 0 Å². The van der Waals surface area contributed by atoms with Gasteiger partial charge < -0.3 is 8.97 Å². The van der Waals surface area contributed by atoms with Crippen molar-refractivity contribution in [1.82, 2.24) is 10.1 Å². The van der Waals surface area contributed by atoms with Gasteiger partial charge in [-0.2, -0.15) is 0 Å². The molecule has 19 heavy (non-hydrogen) atoms. The summed E-state index contributed by atoms with van der Waals surface area (Å²) in [5.41, 5.74) is 1.50. The highest BCUT2D eigenvalue weighted by molar-refractivity contribution is 7.85. The number of oxazole rings is 1. The van der Waals surface area contributed by atoms with Crippen LogP contribution in [0.5, 0.6) is 0 Å². The largest absolute Gasteiger partial charge is 0.748 e. The molecule has 8 heteroatoms. The Labute approximate surface area is 110 Å². The minimum atomic E-state index is -4.23. The molecule has 0 unspecified atom stereocenters. The van der Waals surface area contributed by atoms with E-state index in [4.69, 9.17) is 4.42 Å². The summed E-state index contributed by atoms with van der Waals surface area (Å²) in [5, 5.41) is 4.01. The monoisotopic (exact) mass is 283 g/mol. The summed E-state index contributed by atoms with van der Waals surface area (Å²) >= 11 is 0. The summed E-state index contributed by atoms with van der Waals surface area (Å²) in [7, 11) is -4.23. The van der Waals surface area contributed by atoms with E-state index in [1.54, 1.807) is 12.3 Å². The van der Waals surface area contributed by atoms with Crippen LogP contribution >= 0.6 is 0 Å². The Morgan fingerprint density at radius 3 is 2.63 bits per heavy atom. The summed E-state index contributed by atoms with van der Waals surface area (Å²) in [5.74, 6) is 0.719. The van der Waals surface area contributed by atoms with Gasteiger partial charge in [0.05, 0.1) is 17.0 Å².